The Kier molecular flexibility index (Phi) is 5.04. The molecule has 0 bridgehead atoms. The van der Waals surface area contributed by atoms with Gasteiger partial charge in [0.15, 0.2) is 0 Å². The number of carboxylic acids is 1. The Labute approximate surface area is 124 Å². The smallest absolute Gasteiger partial charge is 0.328 e. The number of likely N-dealkylation sites (N-methyl/N-ethyl adjacent to an activating group) is 1. The predicted octanol–water partition coefficient (Wildman–Crippen LogP) is 2.58. The van der Waals surface area contributed by atoms with Crippen LogP contribution in [0.25, 0.3) is 6.08 Å². The van der Waals surface area contributed by atoms with Gasteiger partial charge in [-0.3, -0.25) is 0 Å². The van der Waals surface area contributed by atoms with Crippen molar-refractivity contribution in [3.8, 4) is 0 Å². The molecule has 108 valence electrons. The lowest BCUT2D eigenvalue weighted by Gasteiger charge is -2.25. The Morgan fingerprint density at radius 1 is 1.30 bits per heavy atom. The summed E-state index contributed by atoms with van der Waals surface area (Å²) >= 11 is 6.33. The number of rotatable bonds is 3. The number of halogens is 1. The van der Waals surface area contributed by atoms with Gasteiger partial charge in [0.05, 0.1) is 10.7 Å². The number of aliphatic carboxylic acids is 1. The first-order valence-corrected chi connectivity index (χ1v) is 7.09. The molecule has 4 nitrogen and oxygen atoms in total. The second-order valence-electron chi connectivity index (χ2n) is 4.99. The average molecular weight is 295 g/mol. The maximum absolute atomic E-state index is 10.7. The van der Waals surface area contributed by atoms with E-state index >= 15 is 0 Å². The molecule has 1 aliphatic heterocycles. The Hall–Kier alpha value is -1.52. The molecule has 1 heterocycles. The molecule has 0 aliphatic carbocycles. The third-order valence-corrected chi connectivity index (χ3v) is 3.76. The number of nitrogens with zero attached hydrogens (tertiary/aromatic N) is 2. The molecule has 1 aromatic carbocycles. The zero-order valence-corrected chi connectivity index (χ0v) is 12.3. The summed E-state index contributed by atoms with van der Waals surface area (Å²) in [7, 11) is 2.11. The van der Waals surface area contributed by atoms with Gasteiger partial charge < -0.3 is 14.9 Å². The third-order valence-electron chi connectivity index (χ3n) is 3.46. The predicted molar refractivity (Wildman–Crippen MR) is 82.4 cm³/mol. The average Bonchev–Trinajstić information content (AvgIpc) is 2.61. The second kappa shape index (κ2) is 6.77. The van der Waals surface area contributed by atoms with Crippen LogP contribution in [-0.4, -0.2) is 49.2 Å². The largest absolute Gasteiger partial charge is 0.478 e. The number of hydrogen-bond acceptors (Lipinski definition) is 3. The standard InChI is InChI=1S/C15H19ClN2O2/c1-17-8-3-9-18(11-10-17)15-12(6-7-14(19)20)4-2-5-13(15)16/h2,4-7H,3,8-11H2,1H3,(H,19,20)/b7-6+. The number of anilines is 1. The highest BCUT2D eigenvalue weighted by Gasteiger charge is 2.17. The van der Waals surface area contributed by atoms with E-state index in [0.29, 0.717) is 5.02 Å². The van der Waals surface area contributed by atoms with Crippen molar-refractivity contribution in [2.45, 2.75) is 6.42 Å². The first-order valence-electron chi connectivity index (χ1n) is 6.71. The van der Waals surface area contributed by atoms with E-state index in [2.05, 4.69) is 16.8 Å². The molecule has 1 aromatic rings. The SMILES string of the molecule is CN1CCCN(c2c(Cl)cccc2/C=C/C(=O)O)CC1. The van der Waals surface area contributed by atoms with Crippen molar-refractivity contribution in [3.63, 3.8) is 0 Å². The molecule has 0 amide bonds. The topological polar surface area (TPSA) is 43.8 Å². The lowest BCUT2D eigenvalue weighted by atomic mass is 10.1. The fraction of sp³-hybridized carbons (Fsp3) is 0.400. The van der Waals surface area contributed by atoms with E-state index in [1.807, 2.05) is 18.2 Å². The van der Waals surface area contributed by atoms with Crippen LogP contribution < -0.4 is 4.90 Å². The maximum atomic E-state index is 10.7. The van der Waals surface area contributed by atoms with Crippen LogP contribution in [0.4, 0.5) is 5.69 Å². The van der Waals surface area contributed by atoms with E-state index < -0.39 is 5.97 Å². The van der Waals surface area contributed by atoms with Crippen LogP contribution in [0, 0.1) is 0 Å². The van der Waals surface area contributed by atoms with E-state index in [9.17, 15) is 4.79 Å². The second-order valence-corrected chi connectivity index (χ2v) is 5.40. The maximum Gasteiger partial charge on any atom is 0.328 e. The van der Waals surface area contributed by atoms with Crippen LogP contribution in [0.1, 0.15) is 12.0 Å². The van der Waals surface area contributed by atoms with Gasteiger partial charge in [-0.05, 0) is 37.7 Å². The summed E-state index contributed by atoms with van der Waals surface area (Å²) in [6.45, 7) is 3.88. The summed E-state index contributed by atoms with van der Waals surface area (Å²) in [6.07, 6.45) is 3.83. The Morgan fingerprint density at radius 3 is 2.85 bits per heavy atom. The van der Waals surface area contributed by atoms with Gasteiger partial charge in [-0.2, -0.15) is 0 Å². The van der Waals surface area contributed by atoms with Gasteiger partial charge >= 0.3 is 5.97 Å². The van der Waals surface area contributed by atoms with Crippen molar-refractivity contribution < 1.29 is 9.90 Å². The summed E-state index contributed by atoms with van der Waals surface area (Å²) in [5, 5.41) is 9.45. The Bertz CT molecular complexity index is 517. The number of hydrogen-bond donors (Lipinski definition) is 1. The van der Waals surface area contributed by atoms with Gasteiger partial charge in [-0.1, -0.05) is 23.7 Å². The van der Waals surface area contributed by atoms with E-state index in [1.165, 1.54) is 0 Å². The summed E-state index contributed by atoms with van der Waals surface area (Å²) in [6, 6.07) is 5.59. The lowest BCUT2D eigenvalue weighted by Crippen LogP contribution is -2.29. The van der Waals surface area contributed by atoms with Crippen LogP contribution >= 0.6 is 11.6 Å². The first kappa shape index (κ1) is 14.9. The highest BCUT2D eigenvalue weighted by atomic mass is 35.5. The highest BCUT2D eigenvalue weighted by molar-refractivity contribution is 6.33. The minimum atomic E-state index is -0.952. The molecule has 1 N–H and O–H groups in total. The summed E-state index contributed by atoms with van der Waals surface area (Å²) in [5.41, 5.74) is 1.78. The molecular weight excluding hydrogens is 276 g/mol. The van der Waals surface area contributed by atoms with Crippen LogP contribution in [0.2, 0.25) is 5.02 Å². The van der Waals surface area contributed by atoms with Crippen molar-refractivity contribution in [2.24, 2.45) is 0 Å². The van der Waals surface area contributed by atoms with Gasteiger partial charge in [-0.25, -0.2) is 4.79 Å². The molecule has 0 radical (unpaired) electrons. The van der Waals surface area contributed by atoms with Gasteiger partial charge in [0.2, 0.25) is 0 Å². The van der Waals surface area contributed by atoms with E-state index in [1.54, 1.807) is 6.08 Å². The molecule has 0 spiro atoms. The molecule has 0 unspecified atom stereocenters. The minimum absolute atomic E-state index is 0.669. The van der Waals surface area contributed by atoms with Gasteiger partial charge in [-0.15, -0.1) is 0 Å². The van der Waals surface area contributed by atoms with Crippen molar-refractivity contribution in [2.75, 3.05) is 38.1 Å². The van der Waals surface area contributed by atoms with Crippen molar-refractivity contribution in [1.29, 1.82) is 0 Å². The van der Waals surface area contributed by atoms with E-state index in [0.717, 1.165) is 49.9 Å². The van der Waals surface area contributed by atoms with Crippen molar-refractivity contribution in [1.82, 2.24) is 4.90 Å². The van der Waals surface area contributed by atoms with Crippen LogP contribution in [0.15, 0.2) is 24.3 Å². The molecule has 0 saturated carbocycles. The van der Waals surface area contributed by atoms with Crippen molar-refractivity contribution in [3.05, 3.63) is 34.9 Å². The fourth-order valence-electron chi connectivity index (χ4n) is 2.43. The lowest BCUT2D eigenvalue weighted by molar-refractivity contribution is -0.131. The van der Waals surface area contributed by atoms with Gasteiger partial charge in [0.1, 0.15) is 0 Å². The molecule has 1 saturated heterocycles. The number of carboxylic acid groups (broad SMARTS) is 1. The Balaban J connectivity index is 2.31. The van der Waals surface area contributed by atoms with E-state index in [4.69, 9.17) is 16.7 Å². The quantitative estimate of drug-likeness (QED) is 0.870. The molecule has 2 rings (SSSR count). The van der Waals surface area contributed by atoms with Crippen LogP contribution in [0.5, 0.6) is 0 Å². The Morgan fingerprint density at radius 2 is 2.10 bits per heavy atom. The zero-order valence-electron chi connectivity index (χ0n) is 11.6. The number of para-hydroxylation sites is 1. The van der Waals surface area contributed by atoms with Crippen molar-refractivity contribution >= 4 is 29.3 Å². The molecule has 1 fully saturated rings. The number of benzene rings is 1. The van der Waals surface area contributed by atoms with Crippen LogP contribution in [-0.2, 0) is 4.79 Å². The van der Waals surface area contributed by atoms with E-state index in [-0.39, 0.29) is 0 Å². The third kappa shape index (κ3) is 3.74. The van der Waals surface area contributed by atoms with Gasteiger partial charge in [0.25, 0.3) is 0 Å². The fourth-order valence-corrected chi connectivity index (χ4v) is 2.73. The molecule has 5 heteroatoms. The molecular formula is C15H19ClN2O2. The number of carbonyl (C=O) groups is 1. The summed E-state index contributed by atoms with van der Waals surface area (Å²) < 4.78 is 0. The normalized spacial score (nSPS) is 17.4. The molecule has 1 aliphatic rings. The monoisotopic (exact) mass is 294 g/mol. The zero-order chi connectivity index (χ0) is 14.5. The summed E-state index contributed by atoms with van der Waals surface area (Å²) in [4.78, 5) is 15.2. The summed E-state index contributed by atoms with van der Waals surface area (Å²) in [5.74, 6) is -0.952. The molecule has 0 aromatic heterocycles. The first-order chi connectivity index (χ1) is 9.58. The highest BCUT2D eigenvalue weighted by Crippen LogP contribution is 2.31. The minimum Gasteiger partial charge on any atom is -0.478 e. The van der Waals surface area contributed by atoms with Crippen LogP contribution in [0.3, 0.4) is 0 Å². The molecule has 20 heavy (non-hydrogen) atoms. The molecule has 0 atom stereocenters. The van der Waals surface area contributed by atoms with Gasteiger partial charge in [0, 0.05) is 25.7 Å².